The number of hydrogen-bond donors (Lipinski definition) is 1. The number of nitrogens with zero attached hydrogens (tertiary/aromatic N) is 1. The highest BCUT2D eigenvalue weighted by Gasteiger charge is 2.09. The van der Waals surface area contributed by atoms with Crippen molar-refractivity contribution < 1.29 is 14.1 Å². The molecule has 0 saturated heterocycles. The first kappa shape index (κ1) is 17.7. The fourth-order valence-corrected chi connectivity index (χ4v) is 2.45. The lowest BCUT2D eigenvalue weighted by Crippen LogP contribution is -2.22. The fourth-order valence-electron chi connectivity index (χ4n) is 2.45. The summed E-state index contributed by atoms with van der Waals surface area (Å²) in [5.74, 6) is 1.22. The summed E-state index contributed by atoms with van der Waals surface area (Å²) >= 11 is 0. The summed E-state index contributed by atoms with van der Waals surface area (Å²) in [5, 5.41) is 6.88. The van der Waals surface area contributed by atoms with E-state index in [1.807, 2.05) is 48.5 Å². The van der Waals surface area contributed by atoms with E-state index in [4.69, 9.17) is 9.26 Å². The summed E-state index contributed by atoms with van der Waals surface area (Å²) in [5.41, 5.74) is 2.31. The Morgan fingerprint density at radius 1 is 1.12 bits per heavy atom. The SMILES string of the molecule is CCCCOc1ccc(C(=O)NCc2cc(-c3ccccc3)no2)cc1. The zero-order chi connectivity index (χ0) is 18.2. The third kappa shape index (κ3) is 4.72. The molecule has 3 rings (SSSR count). The number of amides is 1. The average Bonchev–Trinajstić information content (AvgIpc) is 3.17. The first-order chi connectivity index (χ1) is 12.8. The lowest BCUT2D eigenvalue weighted by Gasteiger charge is -2.06. The maximum absolute atomic E-state index is 12.3. The molecular formula is C21H22N2O3. The van der Waals surface area contributed by atoms with Crippen LogP contribution < -0.4 is 10.1 Å². The van der Waals surface area contributed by atoms with Gasteiger partial charge in [0.1, 0.15) is 11.4 Å². The van der Waals surface area contributed by atoms with Gasteiger partial charge in [-0.25, -0.2) is 0 Å². The molecule has 1 aromatic heterocycles. The van der Waals surface area contributed by atoms with Crippen molar-refractivity contribution in [2.45, 2.75) is 26.3 Å². The number of benzene rings is 2. The summed E-state index contributed by atoms with van der Waals surface area (Å²) in [4.78, 5) is 12.3. The molecule has 0 unspecified atom stereocenters. The number of unbranched alkanes of at least 4 members (excludes halogenated alkanes) is 1. The molecule has 0 saturated carbocycles. The van der Waals surface area contributed by atoms with Gasteiger partial charge in [-0.2, -0.15) is 0 Å². The van der Waals surface area contributed by atoms with Gasteiger partial charge in [0, 0.05) is 17.2 Å². The molecule has 134 valence electrons. The second-order valence-corrected chi connectivity index (χ2v) is 5.95. The molecule has 1 amide bonds. The van der Waals surface area contributed by atoms with Crippen LogP contribution in [0.4, 0.5) is 0 Å². The Bertz CT molecular complexity index is 826. The predicted octanol–water partition coefficient (Wildman–Crippen LogP) is 4.45. The Kier molecular flexibility index (Phi) is 6.04. The number of carbonyl (C=O) groups is 1. The van der Waals surface area contributed by atoms with Gasteiger partial charge in [-0.1, -0.05) is 48.8 Å². The van der Waals surface area contributed by atoms with E-state index in [1.54, 1.807) is 12.1 Å². The molecule has 0 fully saturated rings. The number of carbonyl (C=O) groups excluding carboxylic acids is 1. The van der Waals surface area contributed by atoms with E-state index in [0.29, 0.717) is 17.9 Å². The Morgan fingerprint density at radius 2 is 1.88 bits per heavy atom. The van der Waals surface area contributed by atoms with Crippen LogP contribution in [-0.4, -0.2) is 17.7 Å². The van der Waals surface area contributed by atoms with Gasteiger partial charge < -0.3 is 14.6 Å². The quantitative estimate of drug-likeness (QED) is 0.610. The normalized spacial score (nSPS) is 10.5. The molecule has 0 radical (unpaired) electrons. The molecule has 0 atom stereocenters. The molecule has 2 aromatic carbocycles. The number of rotatable bonds is 8. The number of nitrogens with one attached hydrogen (secondary N) is 1. The van der Waals surface area contributed by atoms with Gasteiger partial charge in [-0.3, -0.25) is 4.79 Å². The number of aromatic nitrogens is 1. The van der Waals surface area contributed by atoms with E-state index in [-0.39, 0.29) is 12.5 Å². The third-order valence-corrected chi connectivity index (χ3v) is 3.93. The maximum Gasteiger partial charge on any atom is 0.251 e. The highest BCUT2D eigenvalue weighted by atomic mass is 16.5. The van der Waals surface area contributed by atoms with Gasteiger partial charge in [0.05, 0.1) is 13.2 Å². The van der Waals surface area contributed by atoms with Crippen molar-refractivity contribution >= 4 is 5.91 Å². The molecule has 0 bridgehead atoms. The summed E-state index contributed by atoms with van der Waals surface area (Å²) in [6, 6.07) is 18.7. The Hall–Kier alpha value is -3.08. The lowest BCUT2D eigenvalue weighted by atomic mass is 10.1. The van der Waals surface area contributed by atoms with Gasteiger partial charge in [0.15, 0.2) is 5.76 Å². The molecule has 26 heavy (non-hydrogen) atoms. The summed E-state index contributed by atoms with van der Waals surface area (Å²) in [7, 11) is 0. The molecule has 0 spiro atoms. The molecule has 5 nitrogen and oxygen atoms in total. The van der Waals surface area contributed by atoms with E-state index in [0.717, 1.165) is 29.8 Å². The highest BCUT2D eigenvalue weighted by Crippen LogP contribution is 2.18. The van der Waals surface area contributed by atoms with Gasteiger partial charge >= 0.3 is 0 Å². The van der Waals surface area contributed by atoms with Crippen molar-refractivity contribution in [1.82, 2.24) is 10.5 Å². The second-order valence-electron chi connectivity index (χ2n) is 5.95. The summed E-state index contributed by atoms with van der Waals surface area (Å²) < 4.78 is 10.9. The highest BCUT2D eigenvalue weighted by molar-refractivity contribution is 5.94. The summed E-state index contributed by atoms with van der Waals surface area (Å²) in [6.07, 6.45) is 2.11. The molecule has 5 heteroatoms. The smallest absolute Gasteiger partial charge is 0.251 e. The van der Waals surface area contributed by atoms with Crippen LogP contribution in [0.15, 0.2) is 65.2 Å². The molecular weight excluding hydrogens is 328 g/mol. The molecule has 0 aliphatic heterocycles. The van der Waals surface area contributed by atoms with Crippen molar-refractivity contribution in [3.05, 3.63) is 72.0 Å². The molecule has 1 heterocycles. The molecule has 0 aliphatic rings. The van der Waals surface area contributed by atoms with E-state index in [9.17, 15) is 4.79 Å². The zero-order valence-corrected chi connectivity index (χ0v) is 14.8. The van der Waals surface area contributed by atoms with Crippen LogP contribution in [0.2, 0.25) is 0 Å². The van der Waals surface area contributed by atoms with Crippen LogP contribution in [0.3, 0.4) is 0 Å². The average molecular weight is 350 g/mol. The predicted molar refractivity (Wildman–Crippen MR) is 100.0 cm³/mol. The summed E-state index contributed by atoms with van der Waals surface area (Å²) in [6.45, 7) is 3.10. The zero-order valence-electron chi connectivity index (χ0n) is 14.8. The Balaban J connectivity index is 1.53. The van der Waals surface area contributed by atoms with Crippen molar-refractivity contribution in [3.8, 4) is 17.0 Å². The largest absolute Gasteiger partial charge is 0.494 e. The van der Waals surface area contributed by atoms with Crippen LogP contribution in [0.25, 0.3) is 11.3 Å². The van der Waals surface area contributed by atoms with E-state index in [1.165, 1.54) is 0 Å². The number of hydrogen-bond acceptors (Lipinski definition) is 4. The van der Waals surface area contributed by atoms with Crippen LogP contribution >= 0.6 is 0 Å². The first-order valence-electron chi connectivity index (χ1n) is 8.78. The minimum absolute atomic E-state index is 0.164. The standard InChI is InChI=1S/C21H22N2O3/c1-2-3-13-25-18-11-9-17(10-12-18)21(24)22-15-19-14-20(23-26-19)16-7-5-4-6-8-16/h4-12,14H,2-3,13,15H2,1H3,(H,22,24). The van der Waals surface area contributed by atoms with Gasteiger partial charge in [-0.05, 0) is 30.7 Å². The molecule has 1 N–H and O–H groups in total. The molecule has 0 aliphatic carbocycles. The lowest BCUT2D eigenvalue weighted by molar-refractivity contribution is 0.0947. The maximum atomic E-state index is 12.3. The number of ether oxygens (including phenoxy) is 1. The minimum atomic E-state index is -0.164. The van der Waals surface area contributed by atoms with Crippen LogP contribution in [-0.2, 0) is 6.54 Å². The van der Waals surface area contributed by atoms with Gasteiger partial charge in [0.25, 0.3) is 5.91 Å². The van der Waals surface area contributed by atoms with Gasteiger partial charge in [-0.15, -0.1) is 0 Å². The van der Waals surface area contributed by atoms with Crippen LogP contribution in [0.1, 0.15) is 35.9 Å². The van der Waals surface area contributed by atoms with E-state index >= 15 is 0 Å². The monoisotopic (exact) mass is 350 g/mol. The Morgan fingerprint density at radius 3 is 2.62 bits per heavy atom. The van der Waals surface area contributed by atoms with E-state index in [2.05, 4.69) is 17.4 Å². The van der Waals surface area contributed by atoms with Gasteiger partial charge in [0.2, 0.25) is 0 Å². The van der Waals surface area contributed by atoms with Crippen LogP contribution in [0, 0.1) is 0 Å². The third-order valence-electron chi connectivity index (χ3n) is 3.93. The topological polar surface area (TPSA) is 64.4 Å². The van der Waals surface area contributed by atoms with E-state index < -0.39 is 0 Å². The second kappa shape index (κ2) is 8.85. The Labute approximate surface area is 153 Å². The fraction of sp³-hybridized carbons (Fsp3) is 0.238. The first-order valence-corrected chi connectivity index (χ1v) is 8.78. The van der Waals surface area contributed by atoms with Crippen molar-refractivity contribution in [2.24, 2.45) is 0 Å². The van der Waals surface area contributed by atoms with Crippen molar-refractivity contribution in [2.75, 3.05) is 6.61 Å². The van der Waals surface area contributed by atoms with Crippen LogP contribution in [0.5, 0.6) is 5.75 Å². The molecule has 3 aromatic rings. The van der Waals surface area contributed by atoms with Crippen molar-refractivity contribution in [3.63, 3.8) is 0 Å². The minimum Gasteiger partial charge on any atom is -0.494 e. The van der Waals surface area contributed by atoms with Crippen molar-refractivity contribution in [1.29, 1.82) is 0 Å².